The van der Waals surface area contributed by atoms with Crippen LogP contribution in [0.2, 0.25) is 5.02 Å². The molecule has 0 atom stereocenters. The first-order valence-corrected chi connectivity index (χ1v) is 10.4. The van der Waals surface area contributed by atoms with E-state index in [1.165, 1.54) is 0 Å². The van der Waals surface area contributed by atoms with Gasteiger partial charge in [0.1, 0.15) is 5.69 Å². The zero-order chi connectivity index (χ0) is 21.0. The molecular formula is C22H28ClN3O3. The number of rotatable bonds is 4. The Morgan fingerprint density at radius 1 is 1.14 bits per heavy atom. The number of benzene rings is 1. The third kappa shape index (κ3) is 6.32. The fraction of sp³-hybridized carbons (Fsp3) is 0.500. The number of alkyl carbamates (subject to hydrolysis) is 1. The highest BCUT2D eigenvalue weighted by molar-refractivity contribution is 6.31. The highest BCUT2D eigenvalue weighted by atomic mass is 35.5. The first-order valence-electron chi connectivity index (χ1n) is 10.0. The first kappa shape index (κ1) is 21.4. The molecule has 2 aromatic rings. The number of hydrogen-bond acceptors (Lipinski definition) is 4. The Kier molecular flexibility index (Phi) is 6.63. The minimum Gasteiger partial charge on any atom is -0.449 e. The molecule has 156 valence electrons. The van der Waals surface area contributed by atoms with Gasteiger partial charge in [0.25, 0.3) is 5.91 Å². The number of halogens is 1. The zero-order valence-corrected chi connectivity index (χ0v) is 17.9. The van der Waals surface area contributed by atoms with Crippen LogP contribution in [0.15, 0.2) is 30.3 Å². The van der Waals surface area contributed by atoms with Crippen molar-refractivity contribution < 1.29 is 14.3 Å². The number of carbonyl (C=O) groups excluding carboxylic acids is 2. The molecule has 3 rings (SSSR count). The highest BCUT2D eigenvalue weighted by Gasteiger charge is 2.25. The molecule has 6 nitrogen and oxygen atoms in total. The number of nitrogens with zero attached hydrogens (tertiary/aromatic N) is 1. The molecule has 1 saturated carbocycles. The van der Waals surface area contributed by atoms with Gasteiger partial charge in [-0.3, -0.25) is 4.79 Å². The Balaban J connectivity index is 1.46. The van der Waals surface area contributed by atoms with Crippen LogP contribution in [0.25, 0.3) is 10.9 Å². The summed E-state index contributed by atoms with van der Waals surface area (Å²) in [7, 11) is 0. The van der Waals surface area contributed by atoms with Gasteiger partial charge in [-0.25, -0.2) is 9.78 Å². The largest absolute Gasteiger partial charge is 0.449 e. The lowest BCUT2D eigenvalue weighted by Gasteiger charge is -2.29. The van der Waals surface area contributed by atoms with Crippen molar-refractivity contribution in [2.75, 3.05) is 6.61 Å². The van der Waals surface area contributed by atoms with E-state index in [0.29, 0.717) is 23.2 Å². The lowest BCUT2D eigenvalue weighted by atomic mass is 9.86. The van der Waals surface area contributed by atoms with Gasteiger partial charge in [0.05, 0.1) is 12.1 Å². The summed E-state index contributed by atoms with van der Waals surface area (Å²) in [5.41, 5.74) is 0.850. The molecule has 0 bridgehead atoms. The predicted octanol–water partition coefficient (Wildman–Crippen LogP) is 4.70. The Morgan fingerprint density at radius 3 is 2.55 bits per heavy atom. The minimum absolute atomic E-state index is 0.116. The Bertz CT molecular complexity index is 886. The molecule has 7 heteroatoms. The maximum atomic E-state index is 12.6. The second-order valence-electron chi connectivity index (χ2n) is 8.70. The molecule has 1 aliphatic rings. The number of aromatic nitrogens is 1. The smallest absolute Gasteiger partial charge is 0.407 e. The molecule has 2 N–H and O–H groups in total. The summed E-state index contributed by atoms with van der Waals surface area (Å²) in [5, 5.41) is 7.43. The second-order valence-corrected chi connectivity index (χ2v) is 9.13. The third-order valence-corrected chi connectivity index (χ3v) is 5.23. The molecule has 1 aromatic heterocycles. The van der Waals surface area contributed by atoms with Crippen LogP contribution in [0.3, 0.4) is 0 Å². The number of pyridine rings is 1. The number of nitrogens with one attached hydrogen (secondary N) is 2. The lowest BCUT2D eigenvalue weighted by molar-refractivity contribution is 0.0891. The van der Waals surface area contributed by atoms with Gasteiger partial charge in [0.2, 0.25) is 0 Å². The van der Waals surface area contributed by atoms with Gasteiger partial charge >= 0.3 is 6.09 Å². The summed E-state index contributed by atoms with van der Waals surface area (Å²) in [6.07, 6.45) is 3.18. The fourth-order valence-electron chi connectivity index (χ4n) is 3.49. The van der Waals surface area contributed by atoms with E-state index in [-0.39, 0.29) is 23.6 Å². The summed E-state index contributed by atoms with van der Waals surface area (Å²) < 4.78 is 5.34. The average molecular weight is 418 g/mol. The van der Waals surface area contributed by atoms with Crippen LogP contribution in [0.5, 0.6) is 0 Å². The van der Waals surface area contributed by atoms with Gasteiger partial charge in [-0.2, -0.15) is 0 Å². The highest BCUT2D eigenvalue weighted by Crippen LogP contribution is 2.25. The molecule has 0 radical (unpaired) electrons. The molecule has 29 heavy (non-hydrogen) atoms. The summed E-state index contributed by atoms with van der Waals surface area (Å²) in [6.45, 7) is 6.17. The number of ether oxygens (including phenoxy) is 1. The number of hydrogen-bond donors (Lipinski definition) is 2. The molecule has 0 spiro atoms. The Labute approximate surface area is 176 Å². The Morgan fingerprint density at radius 2 is 1.86 bits per heavy atom. The van der Waals surface area contributed by atoms with Crippen molar-refractivity contribution in [1.82, 2.24) is 15.6 Å². The van der Waals surface area contributed by atoms with Crippen molar-refractivity contribution in [2.45, 2.75) is 58.0 Å². The molecule has 1 heterocycles. The predicted molar refractivity (Wildman–Crippen MR) is 114 cm³/mol. The number of carbonyl (C=O) groups is 2. The zero-order valence-electron chi connectivity index (χ0n) is 17.1. The van der Waals surface area contributed by atoms with E-state index >= 15 is 0 Å². The van der Waals surface area contributed by atoms with Crippen LogP contribution >= 0.6 is 11.6 Å². The van der Waals surface area contributed by atoms with E-state index < -0.39 is 0 Å². The third-order valence-electron chi connectivity index (χ3n) is 4.99. The normalized spacial score (nSPS) is 19.6. The van der Waals surface area contributed by atoms with Gasteiger partial charge in [-0.05, 0) is 76.6 Å². The molecule has 2 amide bonds. The summed E-state index contributed by atoms with van der Waals surface area (Å²) >= 11 is 5.99. The number of amides is 2. The van der Waals surface area contributed by atoms with Gasteiger partial charge in [-0.1, -0.05) is 17.7 Å². The van der Waals surface area contributed by atoms with Crippen molar-refractivity contribution in [3.8, 4) is 0 Å². The van der Waals surface area contributed by atoms with Crippen LogP contribution in [0.1, 0.15) is 56.9 Å². The van der Waals surface area contributed by atoms with Crippen LogP contribution < -0.4 is 10.6 Å². The van der Waals surface area contributed by atoms with E-state index in [2.05, 4.69) is 15.6 Å². The lowest BCUT2D eigenvalue weighted by Crippen LogP contribution is -2.42. The summed E-state index contributed by atoms with van der Waals surface area (Å²) in [5.74, 6) is 0.170. The topological polar surface area (TPSA) is 80.3 Å². The van der Waals surface area contributed by atoms with E-state index in [1.54, 1.807) is 12.1 Å². The average Bonchev–Trinajstić information content (AvgIpc) is 2.65. The SMILES string of the molecule is CC(C)(C)NC(=O)OCC1CCC(NC(=O)c2ccc3cc(Cl)ccc3n2)CC1. The molecule has 1 aromatic carbocycles. The van der Waals surface area contributed by atoms with Crippen molar-refractivity contribution >= 4 is 34.5 Å². The van der Waals surface area contributed by atoms with Crippen molar-refractivity contribution in [3.63, 3.8) is 0 Å². The van der Waals surface area contributed by atoms with E-state index in [0.717, 1.165) is 36.6 Å². The maximum absolute atomic E-state index is 12.6. The Hall–Kier alpha value is -2.34. The molecular weight excluding hydrogens is 390 g/mol. The van der Waals surface area contributed by atoms with Crippen LogP contribution in [0, 0.1) is 5.92 Å². The summed E-state index contributed by atoms with van der Waals surface area (Å²) in [4.78, 5) is 28.8. The molecule has 0 unspecified atom stereocenters. The van der Waals surface area contributed by atoms with Crippen LogP contribution in [-0.4, -0.2) is 35.2 Å². The second kappa shape index (κ2) is 8.99. The van der Waals surface area contributed by atoms with Crippen LogP contribution in [-0.2, 0) is 4.74 Å². The minimum atomic E-state index is -0.378. The standard InChI is InChI=1S/C22H28ClN3O3/c1-22(2,3)26-21(28)29-13-14-4-8-17(9-5-14)24-20(27)19-10-6-15-12-16(23)7-11-18(15)25-19/h6-7,10-12,14,17H,4-5,8-9,13H2,1-3H3,(H,24,27)(H,26,28). The van der Waals surface area contributed by atoms with Crippen molar-refractivity contribution in [3.05, 3.63) is 41.0 Å². The quantitative estimate of drug-likeness (QED) is 0.755. The van der Waals surface area contributed by atoms with Gasteiger partial charge in [-0.15, -0.1) is 0 Å². The number of fused-ring (bicyclic) bond motifs is 1. The fourth-order valence-corrected chi connectivity index (χ4v) is 3.67. The van der Waals surface area contributed by atoms with E-state index in [1.807, 2.05) is 39.0 Å². The monoisotopic (exact) mass is 417 g/mol. The maximum Gasteiger partial charge on any atom is 0.407 e. The van der Waals surface area contributed by atoms with E-state index in [4.69, 9.17) is 16.3 Å². The molecule has 0 aliphatic heterocycles. The van der Waals surface area contributed by atoms with E-state index in [9.17, 15) is 9.59 Å². The van der Waals surface area contributed by atoms with Gasteiger partial charge < -0.3 is 15.4 Å². The van der Waals surface area contributed by atoms with Gasteiger partial charge in [0.15, 0.2) is 0 Å². The first-order chi connectivity index (χ1) is 13.7. The molecule has 0 saturated heterocycles. The molecule has 1 aliphatic carbocycles. The van der Waals surface area contributed by atoms with Crippen LogP contribution in [0.4, 0.5) is 4.79 Å². The summed E-state index contributed by atoms with van der Waals surface area (Å²) in [6, 6.07) is 9.11. The van der Waals surface area contributed by atoms with Crippen molar-refractivity contribution in [1.29, 1.82) is 0 Å². The van der Waals surface area contributed by atoms with Gasteiger partial charge in [0, 0.05) is 22.0 Å². The molecule has 1 fully saturated rings. The van der Waals surface area contributed by atoms with Crippen molar-refractivity contribution in [2.24, 2.45) is 5.92 Å².